The van der Waals surface area contributed by atoms with E-state index in [0.717, 1.165) is 29.7 Å². The second-order valence-electron chi connectivity index (χ2n) is 10.0. The van der Waals surface area contributed by atoms with Gasteiger partial charge < -0.3 is 26.1 Å². The van der Waals surface area contributed by atoms with E-state index in [1.54, 1.807) is 24.5 Å². The lowest BCUT2D eigenvalue weighted by Gasteiger charge is -2.31. The first-order valence-corrected chi connectivity index (χ1v) is 14.4. The van der Waals surface area contributed by atoms with Crippen molar-refractivity contribution in [1.82, 2.24) is 19.8 Å². The molecule has 1 heterocycles. The van der Waals surface area contributed by atoms with E-state index in [4.69, 9.17) is 5.84 Å². The molecule has 1 saturated carbocycles. The molecule has 4 rings (SSSR count). The predicted molar refractivity (Wildman–Crippen MR) is 152 cm³/mol. The van der Waals surface area contributed by atoms with Crippen molar-refractivity contribution in [3.63, 3.8) is 0 Å². The first-order chi connectivity index (χ1) is 18.7. The minimum atomic E-state index is -4.22. The third-order valence-electron chi connectivity index (χ3n) is 6.96. The van der Waals surface area contributed by atoms with Crippen LogP contribution in [-0.4, -0.2) is 85.7 Å². The van der Waals surface area contributed by atoms with Gasteiger partial charge in [0.25, 0.3) is 0 Å². The molecule has 1 aliphatic heterocycles. The van der Waals surface area contributed by atoms with Crippen LogP contribution in [0.15, 0.2) is 52.5 Å². The van der Waals surface area contributed by atoms with E-state index in [9.17, 15) is 27.9 Å². The molecular weight excluding hydrogens is 560 g/mol. The molecule has 2 atom stereocenters. The van der Waals surface area contributed by atoms with Crippen LogP contribution in [0, 0.1) is 5.92 Å². The van der Waals surface area contributed by atoms with Gasteiger partial charge in [-0.05, 0) is 54.5 Å². The van der Waals surface area contributed by atoms with Gasteiger partial charge in [0, 0.05) is 25.7 Å². The number of amides is 2. The Morgan fingerprint density at radius 2 is 1.88 bits per heavy atom. The van der Waals surface area contributed by atoms with Gasteiger partial charge in [-0.2, -0.15) is 9.82 Å². The minimum absolute atomic E-state index is 0. The van der Waals surface area contributed by atoms with Crippen LogP contribution in [0.2, 0.25) is 0 Å². The van der Waals surface area contributed by atoms with Crippen LogP contribution in [0.25, 0.3) is 10.8 Å². The van der Waals surface area contributed by atoms with Gasteiger partial charge in [0.2, 0.25) is 21.8 Å². The highest BCUT2D eigenvalue weighted by molar-refractivity contribution is 7.89. The molecule has 2 fully saturated rings. The van der Waals surface area contributed by atoms with Crippen LogP contribution in [0.3, 0.4) is 0 Å². The summed E-state index contributed by atoms with van der Waals surface area (Å²) in [6.07, 6.45) is 4.14. The molecule has 2 aromatic carbocycles. The van der Waals surface area contributed by atoms with Crippen LogP contribution >= 0.6 is 12.4 Å². The fourth-order valence-corrected chi connectivity index (χ4v) is 6.09. The number of aliphatic carboxylic acids is 1. The van der Waals surface area contributed by atoms with E-state index in [2.05, 4.69) is 15.1 Å². The minimum Gasteiger partial charge on any atom is -0.480 e. The first kappa shape index (κ1) is 31.1. The number of carbonyl (C=O) groups is 3. The van der Waals surface area contributed by atoms with Crippen molar-refractivity contribution in [1.29, 1.82) is 0 Å². The number of nitrogens with zero attached hydrogens (tertiary/aromatic N) is 3. The average Bonchev–Trinajstić information content (AvgIpc) is 3.75. The number of likely N-dealkylation sites (tertiary alicyclic amines) is 1. The van der Waals surface area contributed by atoms with Gasteiger partial charge in [0.1, 0.15) is 18.9 Å². The van der Waals surface area contributed by atoms with E-state index in [1.165, 1.54) is 12.1 Å². The number of sulfonamides is 1. The van der Waals surface area contributed by atoms with E-state index in [0.29, 0.717) is 31.3 Å². The number of halogens is 1. The predicted octanol–water partition coefficient (Wildman–Crippen LogP) is 1.10. The van der Waals surface area contributed by atoms with Crippen LogP contribution in [0.5, 0.6) is 0 Å². The summed E-state index contributed by atoms with van der Waals surface area (Å²) in [4.78, 5) is 40.9. The largest absolute Gasteiger partial charge is 0.480 e. The first-order valence-electron chi connectivity index (χ1n) is 12.9. The zero-order chi connectivity index (χ0) is 28.0. The van der Waals surface area contributed by atoms with E-state index in [1.807, 2.05) is 17.0 Å². The highest BCUT2D eigenvalue weighted by Gasteiger charge is 2.39. The fourth-order valence-electron chi connectivity index (χ4n) is 4.87. The maximum atomic E-state index is 13.5. The lowest BCUT2D eigenvalue weighted by molar-refractivity contribution is -0.146. The van der Waals surface area contributed by atoms with Crippen LogP contribution in [0.4, 0.5) is 0 Å². The standard InChI is InChI=1S/C26H34N6O6S.ClH/c27-29-17-31-11-3-4-18(15-31)14-28-24(33)13-23(26(36)32(16-25(34)35)21-8-9-21)30-39(37,38)22-10-7-19-5-1-2-6-20(19)12-22;/h1-2,5-7,10,12,17-18,21,23,30H,3-4,8-9,11,13-16,27H2,(H,28,33)(H,34,35);1H/t18-,23+;/m1./s1. The highest BCUT2D eigenvalue weighted by atomic mass is 35.5. The number of nitrogens with two attached hydrogens (primary N) is 1. The number of rotatable bonds is 12. The van der Waals surface area contributed by atoms with Crippen molar-refractivity contribution in [3.05, 3.63) is 42.5 Å². The lowest BCUT2D eigenvalue weighted by Crippen LogP contribution is -2.52. The number of hydrogen-bond donors (Lipinski definition) is 4. The third kappa shape index (κ3) is 8.29. The van der Waals surface area contributed by atoms with Crippen LogP contribution in [0.1, 0.15) is 32.1 Å². The van der Waals surface area contributed by atoms with Crippen LogP contribution < -0.4 is 15.9 Å². The zero-order valence-corrected chi connectivity index (χ0v) is 23.6. The Kier molecular flexibility index (Phi) is 10.7. The number of hydrazone groups is 1. The summed E-state index contributed by atoms with van der Waals surface area (Å²) in [6.45, 7) is 1.25. The summed E-state index contributed by atoms with van der Waals surface area (Å²) in [6, 6.07) is 10.1. The number of fused-ring (bicyclic) bond motifs is 1. The summed E-state index contributed by atoms with van der Waals surface area (Å²) in [5.41, 5.74) is 0. The Labute approximate surface area is 239 Å². The zero-order valence-electron chi connectivity index (χ0n) is 21.9. The lowest BCUT2D eigenvalue weighted by atomic mass is 9.98. The number of benzene rings is 2. The quantitative estimate of drug-likeness (QED) is 0.122. The molecule has 0 aromatic heterocycles. The van der Waals surface area contributed by atoms with Crippen molar-refractivity contribution >= 4 is 57.3 Å². The van der Waals surface area contributed by atoms with Crippen LogP contribution in [-0.2, 0) is 24.4 Å². The molecule has 0 unspecified atom stereocenters. The summed E-state index contributed by atoms with van der Waals surface area (Å²) in [7, 11) is -4.22. The summed E-state index contributed by atoms with van der Waals surface area (Å²) >= 11 is 0. The maximum Gasteiger partial charge on any atom is 0.323 e. The van der Waals surface area contributed by atoms with Crippen molar-refractivity contribution in [2.75, 3.05) is 26.2 Å². The molecule has 0 bridgehead atoms. The molecule has 218 valence electrons. The van der Waals surface area contributed by atoms with Crippen molar-refractivity contribution in [3.8, 4) is 0 Å². The highest BCUT2D eigenvalue weighted by Crippen LogP contribution is 2.28. The summed E-state index contributed by atoms with van der Waals surface area (Å²) in [5, 5.41) is 17.2. The molecule has 5 N–H and O–H groups in total. The molecule has 14 heteroatoms. The van der Waals surface area contributed by atoms with Crippen molar-refractivity contribution in [2.45, 2.75) is 49.1 Å². The smallest absolute Gasteiger partial charge is 0.323 e. The Balaban J connectivity index is 0.00000441. The van der Waals surface area contributed by atoms with Gasteiger partial charge in [0.05, 0.1) is 11.3 Å². The number of piperidine rings is 1. The molecule has 2 aliphatic rings. The van der Waals surface area contributed by atoms with Gasteiger partial charge in [-0.3, -0.25) is 14.4 Å². The molecule has 1 aliphatic carbocycles. The van der Waals surface area contributed by atoms with Gasteiger partial charge in [-0.25, -0.2) is 8.42 Å². The number of nitrogens with one attached hydrogen (secondary N) is 2. The van der Waals surface area contributed by atoms with Gasteiger partial charge in [-0.1, -0.05) is 30.3 Å². The van der Waals surface area contributed by atoms with E-state index >= 15 is 0 Å². The second-order valence-corrected chi connectivity index (χ2v) is 11.8. The van der Waals surface area contributed by atoms with Gasteiger partial charge in [0.15, 0.2) is 0 Å². The molecule has 40 heavy (non-hydrogen) atoms. The SMILES string of the molecule is Cl.NN=CN1CCC[C@H](CNC(=O)C[C@H](NS(=O)(=O)c2ccc3ccccc3c2)C(=O)N(CC(=O)O)C2CC2)C1. The topological polar surface area (TPSA) is 174 Å². The Bertz CT molecular complexity index is 1350. The number of hydrogen-bond acceptors (Lipinski definition) is 7. The average molecular weight is 595 g/mol. The summed E-state index contributed by atoms with van der Waals surface area (Å²) < 4.78 is 29.1. The molecular formula is C26H35ClN6O6S. The molecule has 12 nitrogen and oxygen atoms in total. The third-order valence-corrected chi connectivity index (χ3v) is 8.43. The summed E-state index contributed by atoms with van der Waals surface area (Å²) in [5.74, 6) is 2.92. The molecule has 1 saturated heterocycles. The van der Waals surface area contributed by atoms with Gasteiger partial charge >= 0.3 is 5.97 Å². The molecule has 2 aromatic rings. The molecule has 0 radical (unpaired) electrons. The normalized spacial score (nSPS) is 18.2. The number of carboxylic acid groups (broad SMARTS) is 1. The fraction of sp³-hybridized carbons (Fsp3) is 0.462. The molecule has 2 amide bonds. The second kappa shape index (κ2) is 13.8. The van der Waals surface area contributed by atoms with Crippen molar-refractivity contribution < 1.29 is 27.9 Å². The Morgan fingerprint density at radius 1 is 1.15 bits per heavy atom. The van der Waals surface area contributed by atoms with Crippen molar-refractivity contribution in [2.24, 2.45) is 16.9 Å². The monoisotopic (exact) mass is 594 g/mol. The number of carboxylic acids is 1. The Hall–Kier alpha value is -3.42. The van der Waals surface area contributed by atoms with E-state index in [-0.39, 0.29) is 29.3 Å². The maximum absolute atomic E-state index is 13.5. The van der Waals surface area contributed by atoms with Gasteiger partial charge in [-0.15, -0.1) is 12.4 Å². The Morgan fingerprint density at radius 3 is 2.55 bits per heavy atom. The van der Waals surface area contributed by atoms with E-state index < -0.39 is 46.8 Å². The molecule has 0 spiro atoms. The number of carbonyl (C=O) groups excluding carboxylic acids is 2.